The molecule has 1 saturated heterocycles. The fourth-order valence-corrected chi connectivity index (χ4v) is 2.67. The van der Waals surface area contributed by atoms with Crippen LogP contribution in [0.4, 0.5) is 5.69 Å². The molecule has 1 fully saturated rings. The van der Waals surface area contributed by atoms with Gasteiger partial charge in [-0.25, -0.2) is 9.80 Å². The summed E-state index contributed by atoms with van der Waals surface area (Å²) in [5, 5.41) is 13.2. The van der Waals surface area contributed by atoms with Crippen LogP contribution in [0.2, 0.25) is 0 Å². The maximum atomic E-state index is 11.3. The first-order valence-corrected chi connectivity index (χ1v) is 7.10. The summed E-state index contributed by atoms with van der Waals surface area (Å²) in [6.07, 6.45) is 0. The van der Waals surface area contributed by atoms with E-state index in [0.29, 0.717) is 5.56 Å². The van der Waals surface area contributed by atoms with Gasteiger partial charge in [-0.3, -0.25) is 0 Å². The highest BCUT2D eigenvalue weighted by molar-refractivity contribution is 6.07. The van der Waals surface area contributed by atoms with E-state index in [1.165, 1.54) is 0 Å². The van der Waals surface area contributed by atoms with Crippen LogP contribution in [0, 0.1) is 0 Å². The number of rotatable bonds is 3. The minimum absolute atomic E-state index is 0.342. The molecule has 2 aromatic carbocycles. The smallest absolute Gasteiger partial charge is 0.336 e. The Morgan fingerprint density at radius 2 is 1.71 bits per heavy atom. The molecule has 0 bridgehead atoms. The van der Waals surface area contributed by atoms with Crippen molar-refractivity contribution in [1.29, 1.82) is 0 Å². The number of nitrogens with zero attached hydrogens (tertiary/aromatic N) is 2. The van der Waals surface area contributed by atoms with E-state index < -0.39 is 5.97 Å². The maximum Gasteiger partial charge on any atom is 0.336 e. The lowest BCUT2D eigenvalue weighted by Gasteiger charge is -2.33. The van der Waals surface area contributed by atoms with Gasteiger partial charge in [0.1, 0.15) is 0 Å². The van der Waals surface area contributed by atoms with Gasteiger partial charge in [0, 0.05) is 31.6 Å². The number of aromatic carboxylic acids is 1. The Morgan fingerprint density at radius 1 is 1.05 bits per heavy atom. The first-order valence-electron chi connectivity index (χ1n) is 7.10. The van der Waals surface area contributed by atoms with Crippen LogP contribution in [0.25, 0.3) is 10.8 Å². The molecule has 110 valence electrons. The molecular weight excluding hydrogens is 266 g/mol. The summed E-state index contributed by atoms with van der Waals surface area (Å²) in [6, 6.07) is 11.1. The fraction of sp³-hybridized carbons (Fsp3) is 0.312. The monoisotopic (exact) mass is 285 g/mol. The van der Waals surface area contributed by atoms with Crippen LogP contribution in [0.3, 0.4) is 0 Å². The second kappa shape index (κ2) is 5.71. The van der Waals surface area contributed by atoms with E-state index in [2.05, 4.69) is 22.4 Å². The van der Waals surface area contributed by atoms with E-state index in [1.54, 1.807) is 6.07 Å². The number of carbonyl (C=O) groups is 1. The Morgan fingerprint density at radius 3 is 2.38 bits per heavy atom. The van der Waals surface area contributed by atoms with Crippen molar-refractivity contribution < 1.29 is 9.90 Å². The number of likely N-dealkylation sites (N-methyl/N-ethyl adjacent to an activating group) is 1. The van der Waals surface area contributed by atoms with Gasteiger partial charge in [0.05, 0.1) is 11.3 Å². The first kappa shape index (κ1) is 13.9. The lowest BCUT2D eigenvalue weighted by molar-refractivity contribution is 0.0699. The molecule has 5 heteroatoms. The van der Waals surface area contributed by atoms with E-state index in [0.717, 1.165) is 42.6 Å². The zero-order valence-electron chi connectivity index (χ0n) is 12.0. The molecule has 0 unspecified atom stereocenters. The van der Waals surface area contributed by atoms with Crippen LogP contribution < -0.4 is 5.43 Å². The molecule has 1 aliphatic rings. The van der Waals surface area contributed by atoms with Gasteiger partial charge in [-0.05, 0) is 24.6 Å². The topological polar surface area (TPSA) is 55.8 Å². The minimum atomic E-state index is -0.891. The van der Waals surface area contributed by atoms with Gasteiger partial charge >= 0.3 is 5.97 Å². The van der Waals surface area contributed by atoms with Gasteiger partial charge in [0.2, 0.25) is 0 Å². The van der Waals surface area contributed by atoms with Gasteiger partial charge in [-0.2, -0.15) is 0 Å². The predicted octanol–water partition coefficient (Wildman–Crippen LogP) is 2.11. The lowest BCUT2D eigenvalue weighted by atomic mass is 10.0. The number of nitrogens with one attached hydrogen (secondary N) is 1. The molecular formula is C16H19N3O2. The number of piperazine rings is 1. The molecule has 1 heterocycles. The van der Waals surface area contributed by atoms with E-state index >= 15 is 0 Å². The zero-order valence-corrected chi connectivity index (χ0v) is 12.0. The molecule has 0 aliphatic carbocycles. The van der Waals surface area contributed by atoms with Gasteiger partial charge < -0.3 is 15.4 Å². The molecule has 3 rings (SSSR count). The molecule has 2 N–H and O–H groups in total. The number of hydrogen-bond donors (Lipinski definition) is 2. The molecule has 5 nitrogen and oxygen atoms in total. The number of fused-ring (bicyclic) bond motifs is 1. The lowest BCUT2D eigenvalue weighted by Crippen LogP contribution is -2.46. The van der Waals surface area contributed by atoms with Gasteiger partial charge in [-0.15, -0.1) is 0 Å². The molecule has 0 radical (unpaired) electrons. The average molecular weight is 285 g/mol. The van der Waals surface area contributed by atoms with Crippen LogP contribution in [0.15, 0.2) is 36.4 Å². The highest BCUT2D eigenvalue weighted by atomic mass is 16.4. The Kier molecular flexibility index (Phi) is 3.77. The Labute approximate surface area is 123 Å². The van der Waals surface area contributed by atoms with Crippen molar-refractivity contribution in [2.45, 2.75) is 0 Å². The third-order valence-electron chi connectivity index (χ3n) is 3.94. The molecule has 0 saturated carbocycles. The van der Waals surface area contributed by atoms with Crippen molar-refractivity contribution in [3.05, 3.63) is 42.0 Å². The van der Waals surface area contributed by atoms with Crippen molar-refractivity contribution in [2.75, 3.05) is 38.7 Å². The summed E-state index contributed by atoms with van der Waals surface area (Å²) in [5.74, 6) is -0.891. The number of hydrazine groups is 1. The minimum Gasteiger partial charge on any atom is -0.478 e. The van der Waals surface area contributed by atoms with Crippen molar-refractivity contribution in [3.8, 4) is 0 Å². The van der Waals surface area contributed by atoms with Gasteiger partial charge in [0.25, 0.3) is 0 Å². The molecule has 0 spiro atoms. The van der Waals surface area contributed by atoms with Crippen molar-refractivity contribution in [3.63, 3.8) is 0 Å². The predicted molar refractivity (Wildman–Crippen MR) is 83.6 cm³/mol. The molecule has 0 aromatic heterocycles. The summed E-state index contributed by atoms with van der Waals surface area (Å²) >= 11 is 0. The molecule has 1 aliphatic heterocycles. The van der Waals surface area contributed by atoms with Gasteiger partial charge in [0.15, 0.2) is 0 Å². The van der Waals surface area contributed by atoms with E-state index in [1.807, 2.05) is 30.3 Å². The highest BCUT2D eigenvalue weighted by Crippen LogP contribution is 2.27. The summed E-state index contributed by atoms with van der Waals surface area (Å²) in [5.41, 5.74) is 4.72. The van der Waals surface area contributed by atoms with Crippen LogP contribution in [-0.4, -0.2) is 54.2 Å². The molecule has 0 amide bonds. The zero-order chi connectivity index (χ0) is 14.8. The second-order valence-corrected chi connectivity index (χ2v) is 5.41. The summed E-state index contributed by atoms with van der Waals surface area (Å²) in [7, 11) is 2.12. The standard InChI is InChI=1S/C16H19N3O2/c1-18-8-10-19(11-9-18)17-15-7-6-14(16(20)21)12-4-2-3-5-13(12)15/h2-7,17H,8-11H2,1H3,(H,20,21). The number of hydrogen-bond acceptors (Lipinski definition) is 4. The number of carboxylic acids is 1. The Bertz CT molecular complexity index is 664. The van der Waals surface area contributed by atoms with Gasteiger partial charge in [-0.1, -0.05) is 24.3 Å². The summed E-state index contributed by atoms with van der Waals surface area (Å²) in [6.45, 7) is 3.95. The third-order valence-corrected chi connectivity index (χ3v) is 3.94. The molecule has 0 atom stereocenters. The third kappa shape index (κ3) is 2.84. The second-order valence-electron chi connectivity index (χ2n) is 5.41. The van der Waals surface area contributed by atoms with Crippen LogP contribution in [-0.2, 0) is 0 Å². The average Bonchev–Trinajstić information content (AvgIpc) is 2.49. The maximum absolute atomic E-state index is 11.3. The SMILES string of the molecule is CN1CCN(Nc2ccc(C(=O)O)c3ccccc23)CC1. The van der Waals surface area contributed by atoms with Crippen molar-refractivity contribution in [2.24, 2.45) is 0 Å². The molecule has 2 aromatic rings. The number of benzene rings is 2. The Hall–Kier alpha value is -2.11. The number of carboxylic acid groups (broad SMARTS) is 1. The first-order chi connectivity index (χ1) is 10.1. The van der Waals surface area contributed by atoms with E-state index in [4.69, 9.17) is 0 Å². The highest BCUT2D eigenvalue weighted by Gasteiger charge is 2.16. The fourth-order valence-electron chi connectivity index (χ4n) is 2.67. The number of anilines is 1. The summed E-state index contributed by atoms with van der Waals surface area (Å²) < 4.78 is 0. The Balaban J connectivity index is 1.93. The van der Waals surface area contributed by atoms with Crippen LogP contribution in [0.5, 0.6) is 0 Å². The van der Waals surface area contributed by atoms with Crippen LogP contribution >= 0.6 is 0 Å². The van der Waals surface area contributed by atoms with Crippen molar-refractivity contribution in [1.82, 2.24) is 9.91 Å². The van der Waals surface area contributed by atoms with Crippen molar-refractivity contribution >= 4 is 22.4 Å². The van der Waals surface area contributed by atoms with E-state index in [-0.39, 0.29) is 0 Å². The summed E-state index contributed by atoms with van der Waals surface area (Å²) in [4.78, 5) is 13.6. The molecule has 21 heavy (non-hydrogen) atoms. The van der Waals surface area contributed by atoms with Crippen LogP contribution in [0.1, 0.15) is 10.4 Å². The largest absolute Gasteiger partial charge is 0.478 e. The van der Waals surface area contributed by atoms with E-state index in [9.17, 15) is 9.90 Å². The quantitative estimate of drug-likeness (QED) is 0.904. The normalized spacial score (nSPS) is 17.0.